The number of hydrogen-bond acceptors (Lipinski definition) is 6. The monoisotopic (exact) mass is 353 g/mol. The molecule has 0 aliphatic heterocycles. The second kappa shape index (κ2) is 7.73. The van der Waals surface area contributed by atoms with Gasteiger partial charge in [-0.15, -0.1) is 0 Å². The summed E-state index contributed by atoms with van der Waals surface area (Å²) in [4.78, 5) is 25.4. The highest BCUT2D eigenvalue weighted by Gasteiger charge is 2.37. The van der Waals surface area contributed by atoms with E-state index < -0.39 is 11.7 Å². The maximum Gasteiger partial charge on any atom is 0.301 e. The van der Waals surface area contributed by atoms with Gasteiger partial charge < -0.3 is 4.79 Å². The van der Waals surface area contributed by atoms with Crippen LogP contribution in [0.4, 0.5) is 4.39 Å². The third-order valence-corrected chi connectivity index (χ3v) is 4.48. The normalized spacial score (nSPS) is 14.7. The van der Waals surface area contributed by atoms with E-state index in [1.54, 1.807) is 13.2 Å². The van der Waals surface area contributed by atoms with E-state index in [0.717, 1.165) is 19.1 Å². The van der Waals surface area contributed by atoms with Crippen molar-refractivity contribution >= 4 is 29.7 Å². The molecule has 2 heterocycles. The molecule has 0 radical (unpaired) electrons. The van der Waals surface area contributed by atoms with Crippen LogP contribution in [0.3, 0.4) is 0 Å². The molecule has 0 aromatic carbocycles. The molecule has 2 aromatic heterocycles. The zero-order chi connectivity index (χ0) is 17.7. The Labute approximate surface area is 143 Å². The average molecular weight is 353 g/mol. The zero-order valence-electron chi connectivity index (χ0n) is 13.7. The van der Waals surface area contributed by atoms with Crippen molar-refractivity contribution in [1.82, 2.24) is 25.0 Å². The summed E-state index contributed by atoms with van der Waals surface area (Å²) in [5.74, 6) is -0.682. The van der Waals surface area contributed by atoms with Crippen LogP contribution in [0.5, 0.6) is 0 Å². The number of carbonyl (C=O) groups is 2. The Morgan fingerprint density at radius 2 is 2.17 bits per heavy atom. The lowest BCUT2D eigenvalue weighted by Gasteiger charge is -2.11. The maximum atomic E-state index is 14.1. The smallest absolute Gasteiger partial charge is 0.301 e. The number of halogens is 1. The Balaban J connectivity index is 0.000000647. The number of hydrogen-bond donors (Lipinski definition) is 3. The molecular formula is C15H20FN5O2S. The molecular weight excluding hydrogens is 333 g/mol. The molecule has 1 aliphatic rings. The number of nitrogens with one attached hydrogen (secondary N) is 3. The number of rotatable bonds is 5. The molecule has 1 saturated carbocycles. The first-order chi connectivity index (χ1) is 11.4. The molecule has 0 bridgehead atoms. The Bertz CT molecular complexity index is 745. The summed E-state index contributed by atoms with van der Waals surface area (Å²) in [6.45, 7) is 3.57. The van der Waals surface area contributed by atoms with E-state index in [0.29, 0.717) is 4.90 Å². The summed E-state index contributed by atoms with van der Waals surface area (Å²) in [6, 6.07) is 1.44. The van der Waals surface area contributed by atoms with E-state index in [9.17, 15) is 9.18 Å². The molecule has 24 heavy (non-hydrogen) atoms. The Hall–Kier alpha value is -1.97. The largest absolute Gasteiger partial charge is 0.304 e. The topological polar surface area (TPSA) is 87.5 Å². The second-order valence-electron chi connectivity index (χ2n) is 5.57. The van der Waals surface area contributed by atoms with Crippen molar-refractivity contribution in [3.8, 4) is 0 Å². The molecule has 3 N–H and O–H groups in total. The van der Waals surface area contributed by atoms with Gasteiger partial charge in [0, 0.05) is 23.7 Å². The maximum absolute atomic E-state index is 14.1. The predicted molar refractivity (Wildman–Crippen MR) is 90.0 cm³/mol. The van der Waals surface area contributed by atoms with Crippen molar-refractivity contribution < 1.29 is 14.0 Å². The lowest BCUT2D eigenvalue weighted by molar-refractivity contribution is -0.106. The number of aromatic nitrogens is 2. The van der Waals surface area contributed by atoms with E-state index >= 15 is 0 Å². The van der Waals surface area contributed by atoms with Crippen LogP contribution in [0, 0.1) is 5.82 Å². The van der Waals surface area contributed by atoms with Crippen molar-refractivity contribution in [2.24, 2.45) is 0 Å². The molecule has 0 unspecified atom stereocenters. The van der Waals surface area contributed by atoms with Gasteiger partial charge in [0.15, 0.2) is 0 Å². The molecule has 9 heteroatoms. The molecule has 0 saturated heterocycles. The van der Waals surface area contributed by atoms with E-state index in [1.807, 2.05) is 0 Å². The summed E-state index contributed by atoms with van der Waals surface area (Å²) < 4.78 is 18.9. The van der Waals surface area contributed by atoms with Crippen LogP contribution in [0.25, 0.3) is 5.52 Å². The number of carbonyl (C=O) groups excluding carboxylic acids is 2. The summed E-state index contributed by atoms with van der Waals surface area (Å²) in [7, 11) is 1.58. The number of aldehydes is 1. The van der Waals surface area contributed by atoms with Crippen molar-refractivity contribution in [3.63, 3.8) is 0 Å². The predicted octanol–water partition coefficient (Wildman–Crippen LogP) is 1.69. The minimum Gasteiger partial charge on any atom is -0.304 e. The summed E-state index contributed by atoms with van der Waals surface area (Å²) in [6.07, 6.45) is 6.04. The van der Waals surface area contributed by atoms with Crippen LogP contribution < -0.4 is 15.6 Å². The van der Waals surface area contributed by atoms with Gasteiger partial charge in [0.2, 0.25) is 5.82 Å². The van der Waals surface area contributed by atoms with Crippen molar-refractivity contribution in [1.29, 1.82) is 0 Å². The quantitative estimate of drug-likeness (QED) is 0.431. The van der Waals surface area contributed by atoms with Gasteiger partial charge in [-0.25, -0.2) is 14.8 Å². The van der Waals surface area contributed by atoms with Crippen molar-refractivity contribution in [2.75, 3.05) is 7.05 Å². The van der Waals surface area contributed by atoms with Gasteiger partial charge in [-0.05, 0) is 44.7 Å². The van der Waals surface area contributed by atoms with Gasteiger partial charge in [0.25, 0.3) is 0 Å². The number of imidazole rings is 1. The van der Waals surface area contributed by atoms with E-state index in [2.05, 4.69) is 27.5 Å². The molecule has 1 fully saturated rings. The summed E-state index contributed by atoms with van der Waals surface area (Å²) in [5, 5.41) is 0. The Morgan fingerprint density at radius 3 is 2.75 bits per heavy atom. The van der Waals surface area contributed by atoms with Gasteiger partial charge in [0.05, 0.1) is 6.20 Å². The SMILES string of the molecule is CC=O.CNNC(=O)c1ncc2c(F)cc(SNC3(C)CC3)cn12. The fraction of sp³-hybridized carbons (Fsp3) is 0.400. The lowest BCUT2D eigenvalue weighted by Crippen LogP contribution is -2.35. The molecule has 0 atom stereocenters. The second-order valence-corrected chi connectivity index (χ2v) is 6.45. The number of fused-ring (bicyclic) bond motifs is 1. The highest BCUT2D eigenvalue weighted by molar-refractivity contribution is 7.97. The minimum absolute atomic E-state index is 0.136. The molecule has 7 nitrogen and oxygen atoms in total. The Kier molecular flexibility index (Phi) is 5.92. The van der Waals surface area contributed by atoms with Crippen molar-refractivity contribution in [3.05, 3.63) is 30.1 Å². The van der Waals surface area contributed by atoms with Gasteiger partial charge in [-0.2, -0.15) is 0 Å². The number of pyridine rings is 1. The highest BCUT2D eigenvalue weighted by atomic mass is 32.2. The van der Waals surface area contributed by atoms with Gasteiger partial charge in [-0.3, -0.25) is 19.3 Å². The summed E-state index contributed by atoms with van der Waals surface area (Å²) in [5.41, 5.74) is 5.38. The van der Waals surface area contributed by atoms with Crippen LogP contribution >= 0.6 is 11.9 Å². The van der Waals surface area contributed by atoms with E-state index in [1.165, 1.54) is 35.5 Å². The van der Waals surface area contributed by atoms with Crippen LogP contribution in [0.15, 0.2) is 23.4 Å². The lowest BCUT2D eigenvalue weighted by atomic mass is 10.4. The van der Waals surface area contributed by atoms with Crippen molar-refractivity contribution in [2.45, 2.75) is 37.1 Å². The summed E-state index contributed by atoms with van der Waals surface area (Å²) >= 11 is 1.37. The molecule has 130 valence electrons. The molecule has 3 rings (SSSR count). The van der Waals surface area contributed by atoms with Crippen LogP contribution in [-0.2, 0) is 4.79 Å². The first kappa shape index (κ1) is 18.4. The van der Waals surface area contributed by atoms with Crippen LogP contribution in [-0.4, -0.2) is 34.2 Å². The molecule has 1 aliphatic carbocycles. The number of amides is 1. The third-order valence-electron chi connectivity index (χ3n) is 3.42. The first-order valence-electron chi connectivity index (χ1n) is 7.41. The van der Waals surface area contributed by atoms with E-state index in [-0.39, 0.29) is 16.9 Å². The van der Waals surface area contributed by atoms with Crippen LogP contribution in [0.2, 0.25) is 0 Å². The minimum atomic E-state index is -0.416. The number of nitrogens with zero attached hydrogens (tertiary/aromatic N) is 2. The third kappa shape index (κ3) is 4.31. The molecule has 0 spiro atoms. The standard InChI is InChI=1S/C13H16FN5OS.C2H4O/c1-13(3-4-13)18-21-8-5-9(14)10-6-16-11(19(10)7-8)12(20)17-15-2;1-2-3/h5-7,15,18H,3-4H2,1-2H3,(H,17,20);2H,1H3. The average Bonchev–Trinajstić information content (AvgIpc) is 3.10. The zero-order valence-corrected chi connectivity index (χ0v) is 14.5. The van der Waals surface area contributed by atoms with Crippen LogP contribution in [0.1, 0.15) is 37.3 Å². The highest BCUT2D eigenvalue weighted by Crippen LogP contribution is 2.37. The molecule has 2 aromatic rings. The van der Waals surface area contributed by atoms with Gasteiger partial charge >= 0.3 is 5.91 Å². The fourth-order valence-electron chi connectivity index (χ4n) is 1.90. The fourth-order valence-corrected chi connectivity index (χ4v) is 2.79. The molecule has 1 amide bonds. The number of hydrazine groups is 1. The van der Waals surface area contributed by atoms with Gasteiger partial charge in [0.1, 0.15) is 17.6 Å². The first-order valence-corrected chi connectivity index (χ1v) is 8.23. The van der Waals surface area contributed by atoms with Gasteiger partial charge in [-0.1, -0.05) is 0 Å². The Morgan fingerprint density at radius 1 is 1.50 bits per heavy atom. The van der Waals surface area contributed by atoms with E-state index in [4.69, 9.17) is 4.79 Å².